The van der Waals surface area contributed by atoms with E-state index in [1.807, 2.05) is 10.6 Å². The summed E-state index contributed by atoms with van der Waals surface area (Å²) < 4.78 is 1.81. The Hall–Kier alpha value is -1.73. The van der Waals surface area contributed by atoms with Crippen LogP contribution in [0, 0.1) is 11.5 Å². The van der Waals surface area contributed by atoms with Gasteiger partial charge in [-0.05, 0) is 12.1 Å². The summed E-state index contributed by atoms with van der Waals surface area (Å²) in [6, 6.07) is 3.40. The number of hydrogen-bond donors (Lipinski definition) is 1. The van der Waals surface area contributed by atoms with E-state index in [0.29, 0.717) is 5.65 Å². The van der Waals surface area contributed by atoms with Crippen LogP contribution in [0.3, 0.4) is 0 Å². The van der Waals surface area contributed by atoms with Gasteiger partial charge in [0.1, 0.15) is 13.8 Å². The summed E-state index contributed by atoms with van der Waals surface area (Å²) in [4.78, 5) is 4.14. The van der Waals surface area contributed by atoms with E-state index in [-0.39, 0.29) is 5.75 Å². The first kappa shape index (κ1) is 10.8. The first-order chi connectivity index (χ1) is 7.47. The van der Waals surface area contributed by atoms with Gasteiger partial charge in [0.2, 0.25) is 0 Å². The fourth-order valence-electron chi connectivity index (χ4n) is 1.34. The van der Waals surface area contributed by atoms with Crippen molar-refractivity contribution in [2.24, 2.45) is 0 Å². The second kappa shape index (κ2) is 3.69. The molecule has 0 atom stereocenters. The SMILES string of the molecule is C[Si](C)(C)C#Cc1cnc2c(O)cccn12. The number of aromatic hydroxyl groups is 1. The van der Waals surface area contributed by atoms with Crippen molar-refractivity contribution in [1.82, 2.24) is 9.38 Å². The largest absolute Gasteiger partial charge is 0.504 e. The highest BCUT2D eigenvalue weighted by Gasteiger charge is 2.09. The predicted molar refractivity (Wildman–Crippen MR) is 67.1 cm³/mol. The molecule has 0 aliphatic carbocycles. The third-order valence-corrected chi connectivity index (χ3v) is 2.96. The van der Waals surface area contributed by atoms with Gasteiger partial charge in [-0.15, -0.1) is 5.54 Å². The van der Waals surface area contributed by atoms with E-state index in [4.69, 9.17) is 0 Å². The number of fused-ring (bicyclic) bond motifs is 1. The van der Waals surface area contributed by atoms with Gasteiger partial charge in [0.05, 0.1) is 6.20 Å². The summed E-state index contributed by atoms with van der Waals surface area (Å²) in [5, 5.41) is 9.59. The van der Waals surface area contributed by atoms with E-state index >= 15 is 0 Å². The molecule has 2 aromatic rings. The highest BCUT2D eigenvalue weighted by atomic mass is 28.3. The topological polar surface area (TPSA) is 37.5 Å². The standard InChI is InChI=1S/C12H14N2OSi/c1-16(2,3)8-6-10-9-13-12-11(15)5-4-7-14(10)12/h4-5,7,9,15H,1-3H3. The van der Waals surface area contributed by atoms with Crippen LogP contribution in [-0.2, 0) is 0 Å². The molecular formula is C12H14N2OSi. The zero-order valence-corrected chi connectivity index (χ0v) is 10.7. The van der Waals surface area contributed by atoms with Crippen molar-refractivity contribution < 1.29 is 5.11 Å². The van der Waals surface area contributed by atoms with Gasteiger partial charge in [-0.1, -0.05) is 25.6 Å². The highest BCUT2D eigenvalue weighted by Crippen LogP contribution is 2.16. The highest BCUT2D eigenvalue weighted by molar-refractivity contribution is 6.83. The van der Waals surface area contributed by atoms with Gasteiger partial charge >= 0.3 is 0 Å². The molecule has 0 unspecified atom stereocenters. The summed E-state index contributed by atoms with van der Waals surface area (Å²) in [7, 11) is -1.38. The van der Waals surface area contributed by atoms with E-state index in [9.17, 15) is 5.11 Å². The lowest BCUT2D eigenvalue weighted by atomic mass is 10.4. The molecule has 0 saturated carbocycles. The Morgan fingerprint density at radius 1 is 1.38 bits per heavy atom. The van der Waals surface area contributed by atoms with Crippen molar-refractivity contribution in [3.63, 3.8) is 0 Å². The van der Waals surface area contributed by atoms with Crippen LogP contribution < -0.4 is 0 Å². The minimum absolute atomic E-state index is 0.184. The third kappa shape index (κ3) is 2.09. The Morgan fingerprint density at radius 3 is 2.81 bits per heavy atom. The van der Waals surface area contributed by atoms with Gasteiger partial charge in [-0.25, -0.2) is 4.98 Å². The van der Waals surface area contributed by atoms with Crippen LogP contribution in [0.4, 0.5) is 0 Å². The van der Waals surface area contributed by atoms with E-state index in [0.717, 1.165) is 5.69 Å². The summed E-state index contributed by atoms with van der Waals surface area (Å²) in [5.74, 6) is 3.32. The average molecular weight is 230 g/mol. The lowest BCUT2D eigenvalue weighted by molar-refractivity contribution is 0.477. The lowest BCUT2D eigenvalue weighted by Crippen LogP contribution is -2.16. The second-order valence-electron chi connectivity index (χ2n) is 4.73. The predicted octanol–water partition coefficient (Wildman–Crippen LogP) is 2.27. The van der Waals surface area contributed by atoms with Gasteiger partial charge in [-0.2, -0.15) is 0 Å². The van der Waals surface area contributed by atoms with Gasteiger partial charge in [0, 0.05) is 6.20 Å². The van der Waals surface area contributed by atoms with Crippen molar-refractivity contribution in [3.8, 4) is 17.2 Å². The molecule has 0 radical (unpaired) electrons. The van der Waals surface area contributed by atoms with E-state index in [1.54, 1.807) is 18.3 Å². The van der Waals surface area contributed by atoms with Crippen molar-refractivity contribution in [2.75, 3.05) is 0 Å². The fourth-order valence-corrected chi connectivity index (χ4v) is 1.84. The van der Waals surface area contributed by atoms with Crippen molar-refractivity contribution in [1.29, 1.82) is 0 Å². The Kier molecular flexibility index (Phi) is 2.48. The molecule has 1 N–H and O–H groups in total. The molecule has 0 aliphatic rings. The molecule has 82 valence electrons. The van der Waals surface area contributed by atoms with Gasteiger partial charge in [-0.3, -0.25) is 4.40 Å². The minimum Gasteiger partial charge on any atom is -0.504 e. The van der Waals surface area contributed by atoms with Crippen LogP contribution in [0.5, 0.6) is 5.75 Å². The Morgan fingerprint density at radius 2 is 2.12 bits per heavy atom. The van der Waals surface area contributed by atoms with Gasteiger partial charge in [0.25, 0.3) is 0 Å². The maximum atomic E-state index is 9.59. The number of imidazole rings is 1. The number of aromatic nitrogens is 2. The normalized spacial score (nSPS) is 11.2. The second-order valence-corrected chi connectivity index (χ2v) is 9.48. The van der Waals surface area contributed by atoms with Crippen LogP contribution in [0.25, 0.3) is 5.65 Å². The first-order valence-electron chi connectivity index (χ1n) is 5.15. The molecule has 0 fully saturated rings. The average Bonchev–Trinajstić information content (AvgIpc) is 2.58. The molecule has 0 saturated heterocycles. The Labute approximate surface area is 95.8 Å². The molecule has 0 aromatic carbocycles. The number of nitrogens with zero attached hydrogens (tertiary/aromatic N) is 2. The smallest absolute Gasteiger partial charge is 0.180 e. The van der Waals surface area contributed by atoms with Gasteiger partial charge in [0.15, 0.2) is 11.4 Å². The summed E-state index contributed by atoms with van der Waals surface area (Å²) >= 11 is 0. The zero-order valence-electron chi connectivity index (χ0n) is 9.65. The van der Waals surface area contributed by atoms with Gasteiger partial charge < -0.3 is 5.11 Å². The van der Waals surface area contributed by atoms with Crippen LogP contribution in [0.2, 0.25) is 19.6 Å². The Bertz CT molecular complexity index is 584. The third-order valence-electron chi connectivity index (χ3n) is 2.08. The molecule has 4 heteroatoms. The maximum absolute atomic E-state index is 9.59. The van der Waals surface area contributed by atoms with E-state index in [2.05, 4.69) is 36.1 Å². The molecule has 2 rings (SSSR count). The molecule has 0 amide bonds. The van der Waals surface area contributed by atoms with E-state index in [1.165, 1.54) is 0 Å². The summed E-state index contributed by atoms with van der Waals surface area (Å²) in [6.45, 7) is 6.59. The van der Waals surface area contributed by atoms with Crippen LogP contribution in [0.1, 0.15) is 5.69 Å². The van der Waals surface area contributed by atoms with E-state index < -0.39 is 8.07 Å². The number of hydrogen-bond acceptors (Lipinski definition) is 2. The Balaban J connectivity index is 2.54. The lowest BCUT2D eigenvalue weighted by Gasteiger charge is -2.03. The molecule has 0 bridgehead atoms. The van der Waals surface area contributed by atoms with Crippen LogP contribution >= 0.6 is 0 Å². The maximum Gasteiger partial charge on any atom is 0.180 e. The summed E-state index contributed by atoms with van der Waals surface area (Å²) in [6.07, 6.45) is 3.55. The molecule has 0 spiro atoms. The van der Waals surface area contributed by atoms with Crippen molar-refractivity contribution in [2.45, 2.75) is 19.6 Å². The minimum atomic E-state index is -1.38. The number of rotatable bonds is 0. The molecule has 3 nitrogen and oxygen atoms in total. The molecular weight excluding hydrogens is 216 g/mol. The molecule has 2 heterocycles. The van der Waals surface area contributed by atoms with Crippen molar-refractivity contribution >= 4 is 13.7 Å². The van der Waals surface area contributed by atoms with Crippen molar-refractivity contribution in [3.05, 3.63) is 30.2 Å². The quantitative estimate of drug-likeness (QED) is 0.557. The molecule has 0 aliphatic heterocycles. The fraction of sp³-hybridized carbons (Fsp3) is 0.250. The van der Waals surface area contributed by atoms with Crippen LogP contribution in [0.15, 0.2) is 24.5 Å². The number of pyridine rings is 1. The zero-order chi connectivity index (χ0) is 11.8. The van der Waals surface area contributed by atoms with Crippen LogP contribution in [-0.4, -0.2) is 22.6 Å². The molecule has 16 heavy (non-hydrogen) atoms. The molecule has 2 aromatic heterocycles. The summed E-state index contributed by atoms with van der Waals surface area (Å²) in [5.41, 5.74) is 4.67. The first-order valence-corrected chi connectivity index (χ1v) is 8.65. The monoisotopic (exact) mass is 230 g/mol.